The maximum Gasteiger partial charge on any atom is 0.409 e. The molecule has 0 aliphatic carbocycles. The number of hydrogen-bond donors (Lipinski definition) is 1. The van der Waals surface area contributed by atoms with Crippen LogP contribution in [0.15, 0.2) is 0 Å². The molecule has 16 heavy (non-hydrogen) atoms. The van der Waals surface area contributed by atoms with Gasteiger partial charge in [0.05, 0.1) is 6.61 Å². The minimum atomic E-state index is -0.148. The lowest BCUT2D eigenvalue weighted by atomic mass is 10.1. The molecule has 0 aromatic heterocycles. The molecule has 1 aliphatic rings. The Kier molecular flexibility index (Phi) is 5.60. The molecule has 0 aromatic rings. The quantitative estimate of drug-likeness (QED) is 0.801. The van der Waals surface area contributed by atoms with E-state index in [0.717, 1.165) is 32.4 Å². The first-order valence-electron chi connectivity index (χ1n) is 6.22. The van der Waals surface area contributed by atoms with Crippen molar-refractivity contribution < 1.29 is 9.53 Å². The van der Waals surface area contributed by atoms with E-state index >= 15 is 0 Å². The van der Waals surface area contributed by atoms with Crippen molar-refractivity contribution in [3.8, 4) is 0 Å². The van der Waals surface area contributed by atoms with Crippen LogP contribution < -0.4 is 5.32 Å². The molecule has 1 heterocycles. The van der Waals surface area contributed by atoms with Gasteiger partial charge < -0.3 is 15.0 Å². The highest BCUT2D eigenvalue weighted by Gasteiger charge is 2.20. The summed E-state index contributed by atoms with van der Waals surface area (Å²) in [5.74, 6) is 0.404. The molecule has 1 amide bonds. The largest absolute Gasteiger partial charge is 0.449 e. The van der Waals surface area contributed by atoms with Crippen LogP contribution in [-0.4, -0.2) is 43.8 Å². The minimum absolute atomic E-state index is 0.148. The third-order valence-corrected chi connectivity index (χ3v) is 2.93. The molecule has 1 fully saturated rings. The normalized spacial score (nSPS) is 22.0. The summed E-state index contributed by atoms with van der Waals surface area (Å²) in [6.45, 7) is 6.25. The van der Waals surface area contributed by atoms with E-state index in [4.69, 9.17) is 4.74 Å². The van der Waals surface area contributed by atoms with Gasteiger partial charge in [-0.2, -0.15) is 0 Å². The summed E-state index contributed by atoms with van der Waals surface area (Å²) < 4.78 is 5.23. The van der Waals surface area contributed by atoms with Crippen LogP contribution in [0, 0.1) is 5.92 Å². The highest BCUT2D eigenvalue weighted by Crippen LogP contribution is 2.11. The van der Waals surface area contributed by atoms with E-state index in [1.54, 1.807) is 0 Å². The second kappa shape index (κ2) is 6.74. The van der Waals surface area contributed by atoms with Crippen molar-refractivity contribution in [2.75, 3.05) is 26.7 Å². The summed E-state index contributed by atoms with van der Waals surface area (Å²) in [6, 6.07) is 0.544. The Bertz CT molecular complexity index is 219. The molecule has 1 rings (SSSR count). The van der Waals surface area contributed by atoms with Crippen molar-refractivity contribution in [2.24, 2.45) is 5.92 Å². The van der Waals surface area contributed by atoms with E-state index in [1.165, 1.54) is 0 Å². The summed E-state index contributed by atoms with van der Waals surface area (Å²) in [7, 11) is 1.98. The Hall–Kier alpha value is -0.770. The Balaban J connectivity index is 2.33. The summed E-state index contributed by atoms with van der Waals surface area (Å²) in [5.41, 5.74) is 0. The molecule has 1 aliphatic heterocycles. The van der Waals surface area contributed by atoms with Gasteiger partial charge in [-0.3, -0.25) is 0 Å². The summed E-state index contributed by atoms with van der Waals surface area (Å²) >= 11 is 0. The lowest BCUT2D eigenvalue weighted by Crippen LogP contribution is -2.34. The van der Waals surface area contributed by atoms with Gasteiger partial charge in [-0.15, -0.1) is 0 Å². The van der Waals surface area contributed by atoms with Gasteiger partial charge >= 0.3 is 6.09 Å². The first-order valence-corrected chi connectivity index (χ1v) is 6.22. The number of ether oxygens (including phenoxy) is 1. The molecule has 0 radical (unpaired) electrons. The van der Waals surface area contributed by atoms with Crippen LogP contribution >= 0.6 is 0 Å². The number of nitrogens with zero attached hydrogens (tertiary/aromatic N) is 1. The van der Waals surface area contributed by atoms with Gasteiger partial charge in [-0.25, -0.2) is 4.79 Å². The van der Waals surface area contributed by atoms with Crippen molar-refractivity contribution in [1.82, 2.24) is 10.2 Å². The number of carbonyl (C=O) groups excluding carboxylic acids is 1. The van der Waals surface area contributed by atoms with Gasteiger partial charge in [0.25, 0.3) is 0 Å². The van der Waals surface area contributed by atoms with Gasteiger partial charge in [-0.1, -0.05) is 13.8 Å². The van der Waals surface area contributed by atoms with Crippen molar-refractivity contribution in [3.63, 3.8) is 0 Å². The van der Waals surface area contributed by atoms with Crippen LogP contribution in [0.25, 0.3) is 0 Å². The van der Waals surface area contributed by atoms with Gasteiger partial charge in [0.2, 0.25) is 0 Å². The van der Waals surface area contributed by atoms with Crippen LogP contribution in [0.5, 0.6) is 0 Å². The SMILES string of the molecule is CNC1CCCN(C(=O)OCC(C)C)CC1. The molecule has 1 saturated heterocycles. The molecule has 1 unspecified atom stereocenters. The monoisotopic (exact) mass is 228 g/mol. The van der Waals surface area contributed by atoms with Gasteiger partial charge in [-0.05, 0) is 32.2 Å². The second-order valence-electron chi connectivity index (χ2n) is 4.87. The number of likely N-dealkylation sites (tertiary alicyclic amines) is 1. The van der Waals surface area contributed by atoms with E-state index in [-0.39, 0.29) is 6.09 Å². The molecule has 1 N–H and O–H groups in total. The zero-order valence-electron chi connectivity index (χ0n) is 10.7. The van der Waals surface area contributed by atoms with Gasteiger partial charge in [0, 0.05) is 19.1 Å². The molecule has 1 atom stereocenters. The first-order chi connectivity index (χ1) is 7.63. The summed E-state index contributed by atoms with van der Waals surface area (Å²) in [4.78, 5) is 13.6. The highest BCUT2D eigenvalue weighted by atomic mass is 16.6. The van der Waals surface area contributed by atoms with Crippen LogP contribution in [-0.2, 0) is 4.74 Å². The van der Waals surface area contributed by atoms with E-state index < -0.39 is 0 Å². The molecule has 0 aromatic carbocycles. The second-order valence-corrected chi connectivity index (χ2v) is 4.87. The Labute approximate surface area is 98.3 Å². The minimum Gasteiger partial charge on any atom is -0.449 e. The Morgan fingerprint density at radius 3 is 2.81 bits per heavy atom. The number of carbonyl (C=O) groups is 1. The predicted octanol–water partition coefficient (Wildman–Crippen LogP) is 1.85. The van der Waals surface area contributed by atoms with Gasteiger partial charge in [0.15, 0.2) is 0 Å². The topological polar surface area (TPSA) is 41.6 Å². The number of hydrogen-bond acceptors (Lipinski definition) is 3. The van der Waals surface area contributed by atoms with Crippen molar-refractivity contribution in [3.05, 3.63) is 0 Å². The smallest absolute Gasteiger partial charge is 0.409 e. The van der Waals surface area contributed by atoms with Crippen molar-refractivity contribution >= 4 is 6.09 Å². The van der Waals surface area contributed by atoms with Crippen LogP contribution in [0.4, 0.5) is 4.79 Å². The zero-order valence-corrected chi connectivity index (χ0v) is 10.7. The number of amides is 1. The lowest BCUT2D eigenvalue weighted by Gasteiger charge is -2.20. The molecule has 0 spiro atoms. The summed E-state index contributed by atoms with van der Waals surface area (Å²) in [6.07, 6.45) is 3.07. The van der Waals surface area contributed by atoms with E-state index in [9.17, 15) is 4.79 Å². The molecule has 0 bridgehead atoms. The molecule has 94 valence electrons. The number of nitrogens with one attached hydrogen (secondary N) is 1. The van der Waals surface area contributed by atoms with E-state index in [1.807, 2.05) is 25.8 Å². The van der Waals surface area contributed by atoms with Crippen molar-refractivity contribution in [1.29, 1.82) is 0 Å². The zero-order chi connectivity index (χ0) is 12.0. The fourth-order valence-electron chi connectivity index (χ4n) is 1.90. The molecule has 4 nitrogen and oxygen atoms in total. The predicted molar refractivity (Wildman–Crippen MR) is 64.5 cm³/mol. The van der Waals surface area contributed by atoms with Crippen LogP contribution in [0.1, 0.15) is 33.1 Å². The molecule has 4 heteroatoms. The number of rotatable bonds is 3. The third kappa shape index (κ3) is 4.39. The Morgan fingerprint density at radius 1 is 1.44 bits per heavy atom. The fourth-order valence-corrected chi connectivity index (χ4v) is 1.90. The van der Waals surface area contributed by atoms with Crippen LogP contribution in [0.2, 0.25) is 0 Å². The van der Waals surface area contributed by atoms with Gasteiger partial charge in [0.1, 0.15) is 0 Å². The van der Waals surface area contributed by atoms with Crippen LogP contribution in [0.3, 0.4) is 0 Å². The van der Waals surface area contributed by atoms with E-state index in [0.29, 0.717) is 18.6 Å². The Morgan fingerprint density at radius 2 is 2.19 bits per heavy atom. The standard InChI is InChI=1S/C12H24N2O2/c1-10(2)9-16-12(15)14-7-4-5-11(13-3)6-8-14/h10-11,13H,4-9H2,1-3H3. The highest BCUT2D eigenvalue weighted by molar-refractivity contribution is 5.67. The maximum absolute atomic E-state index is 11.7. The average Bonchev–Trinajstić information content (AvgIpc) is 2.50. The molecular weight excluding hydrogens is 204 g/mol. The lowest BCUT2D eigenvalue weighted by molar-refractivity contribution is 0.0930. The summed E-state index contributed by atoms with van der Waals surface area (Å²) in [5, 5.41) is 3.27. The maximum atomic E-state index is 11.7. The average molecular weight is 228 g/mol. The first kappa shape index (κ1) is 13.3. The van der Waals surface area contributed by atoms with E-state index in [2.05, 4.69) is 5.32 Å². The molecule has 0 saturated carbocycles. The van der Waals surface area contributed by atoms with Crippen molar-refractivity contribution in [2.45, 2.75) is 39.2 Å². The fraction of sp³-hybridized carbons (Fsp3) is 0.917. The third-order valence-electron chi connectivity index (χ3n) is 2.93. The molecular formula is C12H24N2O2.